The van der Waals surface area contributed by atoms with E-state index in [-0.39, 0.29) is 24.6 Å². The molecule has 1 aromatic carbocycles. The van der Waals surface area contributed by atoms with E-state index in [1.165, 1.54) is 12.1 Å². The summed E-state index contributed by atoms with van der Waals surface area (Å²) in [6.07, 6.45) is -0.624. The van der Waals surface area contributed by atoms with E-state index < -0.39 is 6.10 Å². The number of nitrogens with one attached hydrogen (secondary N) is 1. The van der Waals surface area contributed by atoms with Crippen LogP contribution in [0.5, 0.6) is 0 Å². The van der Waals surface area contributed by atoms with Gasteiger partial charge in [-0.25, -0.2) is 4.39 Å². The Morgan fingerprint density at radius 3 is 2.45 bits per heavy atom. The fourth-order valence-corrected chi connectivity index (χ4v) is 1.80. The van der Waals surface area contributed by atoms with E-state index in [1.54, 1.807) is 19.2 Å². The molecule has 0 aromatic heterocycles. The zero-order valence-electron chi connectivity index (χ0n) is 12.3. The summed E-state index contributed by atoms with van der Waals surface area (Å²) in [5.41, 5.74) is 0.979. The standard InChI is InChI=1S/C15H24FNO3/c1-11(9-19-3)20-10-15(18)8-17-12(2)13-4-6-14(16)7-5-13/h4-7,11-12,15,17-18H,8-10H2,1-3H3/t11?,12-,15?/m0/s1. The first-order valence-corrected chi connectivity index (χ1v) is 6.80. The predicted molar refractivity (Wildman–Crippen MR) is 76.1 cm³/mol. The highest BCUT2D eigenvalue weighted by atomic mass is 19.1. The highest BCUT2D eigenvalue weighted by Gasteiger charge is 2.11. The minimum absolute atomic E-state index is 0.0378. The molecule has 0 spiro atoms. The van der Waals surface area contributed by atoms with Gasteiger partial charge in [0.05, 0.1) is 25.4 Å². The van der Waals surface area contributed by atoms with Gasteiger partial charge in [-0.3, -0.25) is 0 Å². The Morgan fingerprint density at radius 2 is 1.85 bits per heavy atom. The molecule has 2 unspecified atom stereocenters. The Balaban J connectivity index is 2.26. The van der Waals surface area contributed by atoms with Gasteiger partial charge < -0.3 is 19.9 Å². The van der Waals surface area contributed by atoms with Crippen molar-refractivity contribution < 1.29 is 19.0 Å². The molecule has 0 saturated heterocycles. The number of benzene rings is 1. The van der Waals surface area contributed by atoms with E-state index in [9.17, 15) is 9.50 Å². The highest BCUT2D eigenvalue weighted by Crippen LogP contribution is 2.12. The van der Waals surface area contributed by atoms with Crippen LogP contribution < -0.4 is 5.32 Å². The monoisotopic (exact) mass is 285 g/mol. The fraction of sp³-hybridized carbons (Fsp3) is 0.600. The molecule has 4 nitrogen and oxygen atoms in total. The minimum Gasteiger partial charge on any atom is -0.389 e. The van der Waals surface area contributed by atoms with Gasteiger partial charge in [0.2, 0.25) is 0 Å². The van der Waals surface area contributed by atoms with Crippen LogP contribution in [-0.2, 0) is 9.47 Å². The molecule has 0 saturated carbocycles. The Hall–Kier alpha value is -1.01. The number of halogens is 1. The summed E-state index contributed by atoms with van der Waals surface area (Å²) in [6, 6.07) is 6.37. The maximum absolute atomic E-state index is 12.8. The molecule has 0 radical (unpaired) electrons. The topological polar surface area (TPSA) is 50.7 Å². The van der Waals surface area contributed by atoms with E-state index in [0.29, 0.717) is 13.2 Å². The average Bonchev–Trinajstić information content (AvgIpc) is 2.43. The number of aliphatic hydroxyl groups excluding tert-OH is 1. The van der Waals surface area contributed by atoms with E-state index in [4.69, 9.17) is 9.47 Å². The fourth-order valence-electron chi connectivity index (χ4n) is 1.80. The lowest BCUT2D eigenvalue weighted by Gasteiger charge is -2.19. The zero-order valence-corrected chi connectivity index (χ0v) is 12.3. The second kappa shape index (κ2) is 9.02. The molecular formula is C15H24FNO3. The second-order valence-electron chi connectivity index (χ2n) is 4.93. The minimum atomic E-state index is -0.586. The van der Waals surface area contributed by atoms with Gasteiger partial charge in [0.25, 0.3) is 0 Å². The van der Waals surface area contributed by atoms with E-state index >= 15 is 0 Å². The quantitative estimate of drug-likeness (QED) is 0.727. The SMILES string of the molecule is COCC(C)OCC(O)CN[C@@H](C)c1ccc(F)cc1. The maximum atomic E-state index is 12.8. The first kappa shape index (κ1) is 17.0. The number of aliphatic hydroxyl groups is 1. The third-order valence-corrected chi connectivity index (χ3v) is 3.00. The van der Waals surface area contributed by atoms with Crippen molar-refractivity contribution in [3.63, 3.8) is 0 Å². The number of hydrogen-bond donors (Lipinski definition) is 2. The molecule has 0 bridgehead atoms. The molecule has 0 fully saturated rings. The van der Waals surface area contributed by atoms with Gasteiger partial charge in [-0.2, -0.15) is 0 Å². The summed E-state index contributed by atoms with van der Waals surface area (Å²) in [5.74, 6) is -0.249. The molecule has 0 amide bonds. The first-order chi connectivity index (χ1) is 9.52. The average molecular weight is 285 g/mol. The molecule has 2 N–H and O–H groups in total. The first-order valence-electron chi connectivity index (χ1n) is 6.80. The summed E-state index contributed by atoms with van der Waals surface area (Å²) in [4.78, 5) is 0. The van der Waals surface area contributed by atoms with Crippen LogP contribution in [0.4, 0.5) is 4.39 Å². The smallest absolute Gasteiger partial charge is 0.123 e. The van der Waals surface area contributed by atoms with Crippen molar-refractivity contribution in [2.24, 2.45) is 0 Å². The van der Waals surface area contributed by atoms with Crippen LogP contribution in [-0.4, -0.2) is 44.2 Å². The Bertz CT molecular complexity index is 372. The van der Waals surface area contributed by atoms with Crippen molar-refractivity contribution in [3.05, 3.63) is 35.6 Å². The summed E-state index contributed by atoms with van der Waals surface area (Å²) in [5, 5.41) is 13.0. The summed E-state index contributed by atoms with van der Waals surface area (Å²) < 4.78 is 23.2. The molecule has 0 aliphatic heterocycles. The van der Waals surface area contributed by atoms with Crippen LogP contribution in [0.1, 0.15) is 25.5 Å². The normalized spacial score (nSPS) is 15.8. The van der Waals surface area contributed by atoms with Crippen LogP contribution in [0.2, 0.25) is 0 Å². The van der Waals surface area contributed by atoms with Gasteiger partial charge in [-0.1, -0.05) is 12.1 Å². The largest absolute Gasteiger partial charge is 0.389 e. The van der Waals surface area contributed by atoms with Gasteiger partial charge in [-0.05, 0) is 31.5 Å². The van der Waals surface area contributed by atoms with Crippen molar-refractivity contribution in [1.29, 1.82) is 0 Å². The highest BCUT2D eigenvalue weighted by molar-refractivity contribution is 5.19. The molecule has 1 aromatic rings. The molecule has 3 atom stereocenters. The summed E-state index contributed by atoms with van der Waals surface area (Å²) in [7, 11) is 1.61. The molecule has 20 heavy (non-hydrogen) atoms. The van der Waals surface area contributed by atoms with Crippen molar-refractivity contribution in [2.45, 2.75) is 32.1 Å². The molecule has 5 heteroatoms. The van der Waals surface area contributed by atoms with Crippen LogP contribution in [0.25, 0.3) is 0 Å². The van der Waals surface area contributed by atoms with Crippen LogP contribution in [0, 0.1) is 5.82 Å². The lowest BCUT2D eigenvalue weighted by atomic mass is 10.1. The lowest BCUT2D eigenvalue weighted by molar-refractivity contribution is -0.0315. The molecule has 0 aliphatic carbocycles. The molecule has 1 rings (SSSR count). The maximum Gasteiger partial charge on any atom is 0.123 e. The molecule has 0 heterocycles. The lowest BCUT2D eigenvalue weighted by Crippen LogP contribution is -2.33. The third kappa shape index (κ3) is 6.43. The summed E-state index contributed by atoms with van der Waals surface area (Å²) >= 11 is 0. The van der Waals surface area contributed by atoms with Crippen molar-refractivity contribution in [1.82, 2.24) is 5.32 Å². The van der Waals surface area contributed by atoms with Crippen molar-refractivity contribution >= 4 is 0 Å². The van der Waals surface area contributed by atoms with E-state index in [0.717, 1.165) is 5.56 Å². The number of ether oxygens (including phenoxy) is 2. The van der Waals surface area contributed by atoms with Gasteiger partial charge >= 0.3 is 0 Å². The van der Waals surface area contributed by atoms with Gasteiger partial charge in [0, 0.05) is 19.7 Å². The molecular weight excluding hydrogens is 261 g/mol. The molecule has 0 aliphatic rings. The van der Waals surface area contributed by atoms with Gasteiger partial charge in [0.1, 0.15) is 5.82 Å². The van der Waals surface area contributed by atoms with Crippen molar-refractivity contribution in [2.75, 3.05) is 26.9 Å². The van der Waals surface area contributed by atoms with Crippen LogP contribution in [0.3, 0.4) is 0 Å². The van der Waals surface area contributed by atoms with Gasteiger partial charge in [-0.15, -0.1) is 0 Å². The van der Waals surface area contributed by atoms with Crippen molar-refractivity contribution in [3.8, 4) is 0 Å². The Kier molecular flexibility index (Phi) is 7.69. The predicted octanol–water partition coefficient (Wildman–Crippen LogP) is 1.89. The van der Waals surface area contributed by atoms with E-state index in [1.807, 2.05) is 13.8 Å². The molecule has 114 valence electrons. The number of methoxy groups -OCH3 is 1. The van der Waals surface area contributed by atoms with Crippen LogP contribution in [0.15, 0.2) is 24.3 Å². The Morgan fingerprint density at radius 1 is 1.20 bits per heavy atom. The zero-order chi connectivity index (χ0) is 15.0. The second-order valence-corrected chi connectivity index (χ2v) is 4.93. The van der Waals surface area contributed by atoms with Gasteiger partial charge in [0.15, 0.2) is 0 Å². The Labute approximate surface area is 119 Å². The number of rotatable bonds is 9. The van der Waals surface area contributed by atoms with E-state index in [2.05, 4.69) is 5.32 Å². The third-order valence-electron chi connectivity index (χ3n) is 3.00. The summed E-state index contributed by atoms with van der Waals surface area (Å²) in [6.45, 7) is 5.04. The number of hydrogen-bond acceptors (Lipinski definition) is 4. The van der Waals surface area contributed by atoms with Crippen LogP contribution >= 0.6 is 0 Å².